The second-order valence-electron chi connectivity index (χ2n) is 7.25. The van der Waals surface area contributed by atoms with Gasteiger partial charge in [0.15, 0.2) is 5.96 Å². The second-order valence-corrected chi connectivity index (χ2v) is 7.25. The van der Waals surface area contributed by atoms with E-state index >= 15 is 0 Å². The van der Waals surface area contributed by atoms with Crippen LogP contribution in [0.15, 0.2) is 52.1 Å². The molecule has 7 heteroatoms. The molecule has 2 fully saturated rings. The third-order valence-electron chi connectivity index (χ3n) is 5.30. The van der Waals surface area contributed by atoms with Gasteiger partial charge in [-0.25, -0.2) is 0 Å². The molecule has 3 unspecified atom stereocenters. The van der Waals surface area contributed by atoms with Crippen molar-refractivity contribution in [3.8, 4) is 0 Å². The van der Waals surface area contributed by atoms with Crippen molar-refractivity contribution < 1.29 is 13.9 Å². The first-order chi connectivity index (χ1) is 13.7. The van der Waals surface area contributed by atoms with Crippen LogP contribution in [0.2, 0.25) is 0 Å². The molecule has 4 rings (SSSR count). The summed E-state index contributed by atoms with van der Waals surface area (Å²) in [5.41, 5.74) is 1.63. The van der Waals surface area contributed by atoms with Crippen molar-refractivity contribution in [3.63, 3.8) is 0 Å². The summed E-state index contributed by atoms with van der Waals surface area (Å²) in [4.78, 5) is 16.7. The summed E-state index contributed by atoms with van der Waals surface area (Å²) in [5.74, 6) is 1.36. The van der Waals surface area contributed by atoms with Gasteiger partial charge in [-0.1, -0.05) is 12.1 Å². The molecule has 2 aliphatic heterocycles. The second kappa shape index (κ2) is 8.48. The molecule has 148 valence electrons. The zero-order chi connectivity index (χ0) is 19.3. The van der Waals surface area contributed by atoms with Gasteiger partial charge in [-0.15, -0.1) is 0 Å². The summed E-state index contributed by atoms with van der Waals surface area (Å²) >= 11 is 0. The molecule has 1 amide bonds. The number of fused-ring (bicyclic) bond motifs is 2. The molecule has 2 aliphatic rings. The van der Waals surface area contributed by atoms with Crippen LogP contribution in [0.25, 0.3) is 0 Å². The van der Waals surface area contributed by atoms with E-state index in [4.69, 9.17) is 9.15 Å². The molecule has 0 aliphatic carbocycles. The van der Waals surface area contributed by atoms with Gasteiger partial charge in [0, 0.05) is 19.2 Å². The lowest BCUT2D eigenvalue weighted by molar-refractivity contribution is 0.0947. The van der Waals surface area contributed by atoms with E-state index in [0.717, 1.165) is 30.1 Å². The quantitative estimate of drug-likeness (QED) is 0.527. The Morgan fingerprint density at radius 1 is 1.18 bits per heavy atom. The van der Waals surface area contributed by atoms with Crippen molar-refractivity contribution in [1.82, 2.24) is 16.0 Å². The van der Waals surface area contributed by atoms with E-state index in [-0.39, 0.29) is 5.91 Å². The number of benzene rings is 1. The number of nitrogens with zero attached hydrogens (tertiary/aromatic N) is 1. The fraction of sp³-hybridized carbons (Fsp3) is 0.429. The summed E-state index contributed by atoms with van der Waals surface area (Å²) in [6, 6.07) is 11.5. The van der Waals surface area contributed by atoms with E-state index in [2.05, 4.69) is 20.9 Å². The van der Waals surface area contributed by atoms with E-state index in [0.29, 0.717) is 36.9 Å². The van der Waals surface area contributed by atoms with Gasteiger partial charge in [-0.3, -0.25) is 9.79 Å². The third kappa shape index (κ3) is 4.36. The third-order valence-corrected chi connectivity index (χ3v) is 5.30. The zero-order valence-electron chi connectivity index (χ0n) is 16.0. The number of nitrogens with one attached hydrogen (secondary N) is 3. The molecular formula is C21H26N4O3. The van der Waals surface area contributed by atoms with Crippen LogP contribution in [0.5, 0.6) is 0 Å². The van der Waals surface area contributed by atoms with E-state index in [1.54, 1.807) is 25.4 Å². The molecule has 1 aromatic heterocycles. The Hall–Kier alpha value is -2.80. The summed E-state index contributed by atoms with van der Waals surface area (Å²) in [5, 5.41) is 9.66. The molecule has 3 atom stereocenters. The van der Waals surface area contributed by atoms with Crippen LogP contribution in [-0.4, -0.2) is 37.2 Å². The number of carbonyl (C=O) groups is 1. The molecule has 0 saturated carbocycles. The number of hydrogen-bond acceptors (Lipinski definition) is 4. The maximum atomic E-state index is 12.4. The average molecular weight is 382 g/mol. The van der Waals surface area contributed by atoms with Crippen molar-refractivity contribution in [1.29, 1.82) is 0 Å². The normalized spacial score (nSPS) is 23.6. The van der Waals surface area contributed by atoms with Gasteiger partial charge in [0.1, 0.15) is 5.76 Å². The SMILES string of the molecule is CN=C(NCc1cccc(C(=O)NCc2ccco2)c1)NC1CC2CCC1O2. The minimum atomic E-state index is -0.125. The van der Waals surface area contributed by atoms with Gasteiger partial charge in [0.25, 0.3) is 5.91 Å². The largest absolute Gasteiger partial charge is 0.467 e. The first-order valence-electron chi connectivity index (χ1n) is 9.73. The van der Waals surface area contributed by atoms with Crippen LogP contribution in [0.3, 0.4) is 0 Å². The van der Waals surface area contributed by atoms with Crippen LogP contribution in [-0.2, 0) is 17.8 Å². The summed E-state index contributed by atoms with van der Waals surface area (Å²) in [6.07, 6.45) is 5.62. The Balaban J connectivity index is 1.29. The Morgan fingerprint density at radius 2 is 2.11 bits per heavy atom. The maximum absolute atomic E-state index is 12.4. The van der Waals surface area contributed by atoms with Gasteiger partial charge in [-0.2, -0.15) is 0 Å². The van der Waals surface area contributed by atoms with E-state index in [9.17, 15) is 4.79 Å². The zero-order valence-corrected chi connectivity index (χ0v) is 16.0. The molecular weight excluding hydrogens is 356 g/mol. The van der Waals surface area contributed by atoms with Crippen molar-refractivity contribution in [3.05, 3.63) is 59.5 Å². The van der Waals surface area contributed by atoms with Crippen LogP contribution in [0.4, 0.5) is 0 Å². The van der Waals surface area contributed by atoms with E-state index in [1.165, 1.54) is 6.42 Å². The highest BCUT2D eigenvalue weighted by Crippen LogP contribution is 2.34. The molecule has 7 nitrogen and oxygen atoms in total. The highest BCUT2D eigenvalue weighted by molar-refractivity contribution is 5.94. The lowest BCUT2D eigenvalue weighted by Crippen LogP contribution is -2.47. The van der Waals surface area contributed by atoms with E-state index in [1.807, 2.05) is 24.3 Å². The molecule has 0 radical (unpaired) electrons. The van der Waals surface area contributed by atoms with Crippen LogP contribution in [0, 0.1) is 0 Å². The van der Waals surface area contributed by atoms with Crippen LogP contribution < -0.4 is 16.0 Å². The smallest absolute Gasteiger partial charge is 0.251 e. The van der Waals surface area contributed by atoms with E-state index < -0.39 is 0 Å². The monoisotopic (exact) mass is 382 g/mol. The number of carbonyl (C=O) groups excluding carboxylic acids is 1. The molecule has 1 aromatic carbocycles. The Kier molecular flexibility index (Phi) is 5.62. The van der Waals surface area contributed by atoms with Crippen molar-refractivity contribution in [2.45, 2.75) is 50.6 Å². The molecule has 3 N–H and O–H groups in total. The number of rotatable bonds is 6. The van der Waals surface area contributed by atoms with Gasteiger partial charge in [0.05, 0.1) is 31.1 Å². The Morgan fingerprint density at radius 3 is 2.82 bits per heavy atom. The molecule has 2 saturated heterocycles. The van der Waals surface area contributed by atoms with Crippen molar-refractivity contribution in [2.75, 3.05) is 7.05 Å². The Labute approximate surface area is 164 Å². The fourth-order valence-corrected chi connectivity index (χ4v) is 3.85. The Bertz CT molecular complexity index is 834. The van der Waals surface area contributed by atoms with Crippen LogP contribution in [0.1, 0.15) is 40.9 Å². The van der Waals surface area contributed by atoms with Gasteiger partial charge in [0.2, 0.25) is 0 Å². The lowest BCUT2D eigenvalue weighted by atomic mass is 9.96. The molecule has 2 aromatic rings. The highest BCUT2D eigenvalue weighted by Gasteiger charge is 2.41. The topological polar surface area (TPSA) is 87.9 Å². The molecule has 3 heterocycles. The number of amides is 1. The predicted octanol–water partition coefficient (Wildman–Crippen LogP) is 2.19. The standard InChI is InChI=1S/C21H26N4O3/c1-22-21(25-18-11-16-7-8-19(18)28-16)24-12-14-4-2-5-15(10-14)20(26)23-13-17-6-3-9-27-17/h2-6,9-10,16,18-19H,7-8,11-13H2,1H3,(H,23,26)(H2,22,24,25). The van der Waals surface area contributed by atoms with Gasteiger partial charge in [-0.05, 0) is 49.1 Å². The highest BCUT2D eigenvalue weighted by atomic mass is 16.5. The van der Waals surface area contributed by atoms with Crippen molar-refractivity contribution >= 4 is 11.9 Å². The summed E-state index contributed by atoms with van der Waals surface area (Å²) in [7, 11) is 1.77. The minimum Gasteiger partial charge on any atom is -0.467 e. The predicted molar refractivity (Wildman–Crippen MR) is 106 cm³/mol. The minimum absolute atomic E-state index is 0.125. The number of furan rings is 1. The summed E-state index contributed by atoms with van der Waals surface area (Å²) < 4.78 is 11.1. The first-order valence-corrected chi connectivity index (χ1v) is 9.73. The maximum Gasteiger partial charge on any atom is 0.251 e. The number of aliphatic imine (C=N–C) groups is 1. The molecule has 2 bridgehead atoms. The van der Waals surface area contributed by atoms with Crippen molar-refractivity contribution in [2.24, 2.45) is 4.99 Å². The molecule has 28 heavy (non-hydrogen) atoms. The van der Waals surface area contributed by atoms with Gasteiger partial charge < -0.3 is 25.1 Å². The summed E-state index contributed by atoms with van der Waals surface area (Å²) in [6.45, 7) is 0.955. The number of guanidine groups is 1. The number of ether oxygens (including phenoxy) is 1. The fourth-order valence-electron chi connectivity index (χ4n) is 3.85. The number of hydrogen-bond donors (Lipinski definition) is 3. The molecule has 0 spiro atoms. The lowest BCUT2D eigenvalue weighted by Gasteiger charge is -2.22. The average Bonchev–Trinajstić information content (AvgIpc) is 3.48. The van der Waals surface area contributed by atoms with Crippen LogP contribution >= 0.6 is 0 Å². The first kappa shape index (κ1) is 18.6. The van der Waals surface area contributed by atoms with Gasteiger partial charge >= 0.3 is 0 Å².